The molecule has 6 nitrogen and oxygen atoms in total. The Bertz CT molecular complexity index is 184. The number of aliphatic hydroxyl groups is 4. The molecule has 0 amide bonds. The van der Waals surface area contributed by atoms with Crippen molar-refractivity contribution >= 4 is 0 Å². The molecular weight excluding hydrogens is 216 g/mol. The molecule has 0 rings (SSSR count). The molecule has 0 radical (unpaired) electrons. The first kappa shape index (κ1) is 15.8. The van der Waals surface area contributed by atoms with Crippen LogP contribution in [0.25, 0.3) is 0 Å². The fraction of sp³-hybridized carbons (Fsp3) is 1.00. The Hall–Kier alpha value is -0.240. The third-order valence-electron chi connectivity index (χ3n) is 2.26. The summed E-state index contributed by atoms with van der Waals surface area (Å²) in [6, 6.07) is 0. The van der Waals surface area contributed by atoms with Gasteiger partial charge in [0, 0.05) is 13.5 Å². The molecule has 4 N–H and O–H groups in total. The van der Waals surface area contributed by atoms with Gasteiger partial charge in [0.05, 0.1) is 25.4 Å². The predicted octanol–water partition coefficient (Wildman–Crippen LogP) is -1.15. The van der Waals surface area contributed by atoms with E-state index >= 15 is 0 Å². The maximum Gasteiger partial charge on any atom is 0.162 e. The van der Waals surface area contributed by atoms with Crippen molar-refractivity contribution in [1.82, 2.24) is 0 Å². The van der Waals surface area contributed by atoms with E-state index in [1.54, 1.807) is 13.8 Å². The van der Waals surface area contributed by atoms with Gasteiger partial charge in [-0.1, -0.05) is 0 Å². The molecular formula is C10H22O6. The van der Waals surface area contributed by atoms with Crippen LogP contribution < -0.4 is 0 Å². The van der Waals surface area contributed by atoms with E-state index in [4.69, 9.17) is 19.7 Å². The lowest BCUT2D eigenvalue weighted by Crippen LogP contribution is -2.42. The average Bonchev–Trinajstić information content (AvgIpc) is 2.26. The molecule has 0 spiro atoms. The van der Waals surface area contributed by atoms with Gasteiger partial charge in [-0.2, -0.15) is 0 Å². The van der Waals surface area contributed by atoms with Crippen LogP contribution in [0.4, 0.5) is 0 Å². The lowest BCUT2D eigenvalue weighted by atomic mass is 10.1. The van der Waals surface area contributed by atoms with E-state index < -0.39 is 37.3 Å². The number of aliphatic hydroxyl groups excluding tert-OH is 4. The lowest BCUT2D eigenvalue weighted by molar-refractivity contribution is -0.247. The van der Waals surface area contributed by atoms with Crippen LogP contribution >= 0.6 is 0 Å². The van der Waals surface area contributed by atoms with Crippen molar-refractivity contribution in [1.29, 1.82) is 0 Å². The molecule has 0 saturated carbocycles. The van der Waals surface area contributed by atoms with Gasteiger partial charge >= 0.3 is 0 Å². The van der Waals surface area contributed by atoms with Crippen molar-refractivity contribution in [3.63, 3.8) is 0 Å². The van der Waals surface area contributed by atoms with Gasteiger partial charge < -0.3 is 29.9 Å². The van der Waals surface area contributed by atoms with Crippen LogP contribution in [0.1, 0.15) is 20.3 Å². The van der Waals surface area contributed by atoms with Crippen molar-refractivity contribution in [3.05, 3.63) is 0 Å². The summed E-state index contributed by atoms with van der Waals surface area (Å²) in [4.78, 5) is 0. The Morgan fingerprint density at radius 1 is 1.12 bits per heavy atom. The molecule has 0 heterocycles. The third kappa shape index (κ3) is 5.74. The summed E-state index contributed by atoms with van der Waals surface area (Å²) >= 11 is 0. The minimum Gasteiger partial charge on any atom is -0.394 e. The number of methoxy groups -OCH3 is 1. The van der Waals surface area contributed by atoms with Crippen LogP contribution in [0.5, 0.6) is 0 Å². The highest BCUT2D eigenvalue weighted by Gasteiger charge is 2.29. The molecule has 0 aromatic rings. The summed E-state index contributed by atoms with van der Waals surface area (Å²) in [5.41, 5.74) is 0. The van der Waals surface area contributed by atoms with Crippen LogP contribution in [0.2, 0.25) is 0 Å². The number of rotatable bonds is 8. The highest BCUT2D eigenvalue weighted by molar-refractivity contribution is 4.74. The topological polar surface area (TPSA) is 99.4 Å². The van der Waals surface area contributed by atoms with Crippen molar-refractivity contribution < 1.29 is 29.9 Å². The summed E-state index contributed by atoms with van der Waals surface area (Å²) in [6.07, 6.45) is -2.91. The SMILES string of the molecule is COC(C)(C)OC(CC(O)CO)C(O)CO. The Morgan fingerprint density at radius 3 is 2.06 bits per heavy atom. The molecule has 0 bridgehead atoms. The molecule has 98 valence electrons. The minimum atomic E-state index is -1.13. The number of ether oxygens (including phenoxy) is 2. The standard InChI is InChI=1S/C10H22O6/c1-10(2,15-3)16-9(8(14)6-12)4-7(13)5-11/h7-9,11-14H,4-6H2,1-3H3. The summed E-state index contributed by atoms with van der Waals surface area (Å²) in [5, 5.41) is 36.3. The van der Waals surface area contributed by atoms with Gasteiger partial charge in [0.2, 0.25) is 0 Å². The van der Waals surface area contributed by atoms with Gasteiger partial charge in [0.1, 0.15) is 6.10 Å². The second kappa shape index (κ2) is 7.16. The van der Waals surface area contributed by atoms with Crippen LogP contribution in [-0.2, 0) is 9.47 Å². The third-order valence-corrected chi connectivity index (χ3v) is 2.26. The van der Waals surface area contributed by atoms with Crippen LogP contribution in [0.15, 0.2) is 0 Å². The van der Waals surface area contributed by atoms with Gasteiger partial charge in [0.15, 0.2) is 5.79 Å². The Labute approximate surface area is 95.4 Å². The molecule has 3 unspecified atom stereocenters. The first-order valence-electron chi connectivity index (χ1n) is 5.17. The van der Waals surface area contributed by atoms with E-state index in [-0.39, 0.29) is 6.42 Å². The fourth-order valence-electron chi connectivity index (χ4n) is 1.16. The van der Waals surface area contributed by atoms with Gasteiger partial charge in [-0.15, -0.1) is 0 Å². The average molecular weight is 238 g/mol. The minimum absolute atomic E-state index is 0.0189. The second-order valence-corrected chi connectivity index (χ2v) is 4.08. The van der Waals surface area contributed by atoms with Gasteiger partial charge in [0.25, 0.3) is 0 Å². The molecule has 0 aromatic carbocycles. The van der Waals surface area contributed by atoms with Crippen molar-refractivity contribution in [2.45, 2.75) is 44.4 Å². The first-order chi connectivity index (χ1) is 7.36. The monoisotopic (exact) mass is 238 g/mol. The fourth-order valence-corrected chi connectivity index (χ4v) is 1.16. The number of hydrogen-bond acceptors (Lipinski definition) is 6. The predicted molar refractivity (Wildman–Crippen MR) is 56.8 cm³/mol. The first-order valence-corrected chi connectivity index (χ1v) is 5.17. The van der Waals surface area contributed by atoms with E-state index in [9.17, 15) is 10.2 Å². The zero-order valence-corrected chi connectivity index (χ0v) is 9.96. The summed E-state index contributed by atoms with van der Waals surface area (Å²) in [7, 11) is 1.45. The van der Waals surface area contributed by atoms with E-state index in [0.29, 0.717) is 0 Å². The smallest absolute Gasteiger partial charge is 0.162 e. The second-order valence-electron chi connectivity index (χ2n) is 4.08. The molecule has 0 saturated heterocycles. The molecule has 0 aliphatic rings. The van der Waals surface area contributed by atoms with Crippen molar-refractivity contribution in [2.75, 3.05) is 20.3 Å². The summed E-state index contributed by atoms with van der Waals surface area (Å²) in [5.74, 6) is -0.935. The molecule has 0 aliphatic carbocycles. The molecule has 0 aliphatic heterocycles. The normalized spacial score (nSPS) is 18.2. The largest absolute Gasteiger partial charge is 0.394 e. The maximum atomic E-state index is 9.50. The van der Waals surface area contributed by atoms with Gasteiger partial charge in [-0.3, -0.25) is 0 Å². The van der Waals surface area contributed by atoms with E-state index in [1.165, 1.54) is 7.11 Å². The highest BCUT2D eigenvalue weighted by atomic mass is 16.7. The van der Waals surface area contributed by atoms with Crippen molar-refractivity contribution in [3.8, 4) is 0 Å². The van der Waals surface area contributed by atoms with Crippen LogP contribution in [0, 0.1) is 0 Å². The highest BCUT2D eigenvalue weighted by Crippen LogP contribution is 2.18. The maximum absolute atomic E-state index is 9.50. The zero-order valence-electron chi connectivity index (χ0n) is 9.96. The Balaban J connectivity index is 4.43. The van der Waals surface area contributed by atoms with Crippen LogP contribution in [0.3, 0.4) is 0 Å². The lowest BCUT2D eigenvalue weighted by Gasteiger charge is -2.32. The Kier molecular flexibility index (Phi) is 7.05. The van der Waals surface area contributed by atoms with Crippen molar-refractivity contribution in [2.24, 2.45) is 0 Å². The van der Waals surface area contributed by atoms with Crippen LogP contribution in [-0.4, -0.2) is 64.8 Å². The number of hydrogen-bond donors (Lipinski definition) is 4. The molecule has 0 aromatic heterocycles. The van der Waals surface area contributed by atoms with Gasteiger partial charge in [-0.25, -0.2) is 0 Å². The summed E-state index contributed by atoms with van der Waals surface area (Å²) in [6.45, 7) is 2.39. The van der Waals surface area contributed by atoms with E-state index in [2.05, 4.69) is 0 Å². The quantitative estimate of drug-likeness (QED) is 0.399. The van der Waals surface area contributed by atoms with E-state index in [1.807, 2.05) is 0 Å². The van der Waals surface area contributed by atoms with Gasteiger partial charge in [-0.05, 0) is 13.8 Å². The zero-order chi connectivity index (χ0) is 12.8. The Morgan fingerprint density at radius 2 is 1.69 bits per heavy atom. The molecule has 0 fully saturated rings. The molecule has 3 atom stereocenters. The molecule has 6 heteroatoms. The summed E-state index contributed by atoms with van der Waals surface area (Å²) < 4.78 is 10.4. The van der Waals surface area contributed by atoms with E-state index in [0.717, 1.165) is 0 Å². The molecule has 16 heavy (non-hydrogen) atoms.